The van der Waals surface area contributed by atoms with Gasteiger partial charge >= 0.3 is 12.3 Å². The van der Waals surface area contributed by atoms with Gasteiger partial charge in [0.2, 0.25) is 0 Å². The molecule has 4 rings (SSSR count). The van der Waals surface area contributed by atoms with E-state index in [4.69, 9.17) is 0 Å². The number of hydrogen-bond acceptors (Lipinski definition) is 1. The molecule has 0 unspecified atom stereocenters. The molecule has 0 radical (unpaired) electrons. The van der Waals surface area contributed by atoms with Gasteiger partial charge in [0.05, 0.1) is 17.0 Å². The van der Waals surface area contributed by atoms with Crippen molar-refractivity contribution in [3.8, 4) is 28.0 Å². The quantitative estimate of drug-likeness (QED) is 0.258. The van der Waals surface area contributed by atoms with Gasteiger partial charge in [0.15, 0.2) is 0 Å². The lowest BCUT2D eigenvalue weighted by Gasteiger charge is -2.32. The highest BCUT2D eigenvalue weighted by atomic mass is 19.4. The Labute approximate surface area is 227 Å². The summed E-state index contributed by atoms with van der Waals surface area (Å²) >= 11 is 0. The molecule has 3 aromatic carbocycles. The topological polar surface area (TPSA) is 9.23 Å². The molecule has 0 heterocycles. The molecular formula is C29H21F11O. The lowest BCUT2D eigenvalue weighted by Crippen LogP contribution is -2.37. The van der Waals surface area contributed by atoms with Gasteiger partial charge in [0.1, 0.15) is 40.7 Å². The largest absolute Gasteiger partial charge is 0.432 e. The van der Waals surface area contributed by atoms with Crippen LogP contribution in [-0.4, -0.2) is 12.3 Å². The molecule has 1 nitrogen and oxygen atoms in total. The van der Waals surface area contributed by atoms with Crippen molar-refractivity contribution >= 4 is 6.08 Å². The first-order chi connectivity index (χ1) is 19.1. The van der Waals surface area contributed by atoms with Gasteiger partial charge in [-0.1, -0.05) is 19.8 Å². The van der Waals surface area contributed by atoms with E-state index < -0.39 is 92.7 Å². The summed E-state index contributed by atoms with van der Waals surface area (Å²) in [5.41, 5.74) is -4.57. The molecule has 220 valence electrons. The molecule has 0 N–H and O–H groups in total. The van der Waals surface area contributed by atoms with Crippen LogP contribution in [0.3, 0.4) is 0 Å². The summed E-state index contributed by atoms with van der Waals surface area (Å²) in [6, 6.07) is 2.57. The molecule has 12 heteroatoms. The molecule has 0 aromatic heterocycles. The molecule has 0 saturated heterocycles. The number of rotatable bonds is 6. The molecule has 0 aliphatic heterocycles. The zero-order valence-corrected chi connectivity index (χ0v) is 21.2. The Morgan fingerprint density at radius 3 is 1.49 bits per heavy atom. The van der Waals surface area contributed by atoms with Crippen LogP contribution >= 0.6 is 0 Å². The van der Waals surface area contributed by atoms with Crippen LogP contribution in [0.2, 0.25) is 0 Å². The van der Waals surface area contributed by atoms with Crippen LogP contribution in [0, 0.1) is 46.7 Å². The summed E-state index contributed by atoms with van der Waals surface area (Å²) in [5.74, 6) is -10.8. The molecule has 0 bridgehead atoms. The number of hydrogen-bond donors (Lipinski definition) is 0. The van der Waals surface area contributed by atoms with Crippen molar-refractivity contribution in [1.82, 2.24) is 0 Å². The maximum atomic E-state index is 14.9. The van der Waals surface area contributed by atoms with Crippen molar-refractivity contribution in [2.75, 3.05) is 0 Å². The van der Waals surface area contributed by atoms with Crippen LogP contribution < -0.4 is 4.74 Å². The molecule has 3 aromatic rings. The Bertz CT molecular complexity index is 1400. The van der Waals surface area contributed by atoms with Gasteiger partial charge in [-0.15, -0.1) is 0 Å². The normalized spacial score (nSPS) is 18.2. The highest BCUT2D eigenvalue weighted by Gasteiger charge is 2.43. The molecule has 1 aliphatic rings. The van der Waals surface area contributed by atoms with E-state index >= 15 is 0 Å². The maximum Gasteiger partial charge on any atom is 0.409 e. The Morgan fingerprint density at radius 1 is 0.634 bits per heavy atom. The van der Waals surface area contributed by atoms with Crippen molar-refractivity contribution in [1.29, 1.82) is 0 Å². The molecular weight excluding hydrogens is 573 g/mol. The SMILES string of the molecule is CC1CCC(C(F)(F)Oc2cc(F)c(-c3cc(F)c(-c4cc(F)c(/C=C/C(F)(F)F)c(F)c4)c(F)c3)c(F)c2)CC1. The Kier molecular flexibility index (Phi) is 8.42. The van der Waals surface area contributed by atoms with E-state index in [-0.39, 0.29) is 24.8 Å². The molecule has 1 fully saturated rings. The van der Waals surface area contributed by atoms with Crippen molar-refractivity contribution in [3.63, 3.8) is 0 Å². The molecule has 0 atom stereocenters. The smallest absolute Gasteiger partial charge is 0.409 e. The summed E-state index contributed by atoms with van der Waals surface area (Å²) in [4.78, 5) is 0. The van der Waals surface area contributed by atoms with Gasteiger partial charge in [-0.2, -0.15) is 22.0 Å². The number of benzene rings is 3. The average molecular weight is 594 g/mol. The van der Waals surface area contributed by atoms with E-state index in [1.807, 2.05) is 6.92 Å². The van der Waals surface area contributed by atoms with E-state index in [1.54, 1.807) is 0 Å². The van der Waals surface area contributed by atoms with E-state index in [1.165, 1.54) is 0 Å². The summed E-state index contributed by atoms with van der Waals surface area (Å²) in [7, 11) is 0. The number of ether oxygens (including phenoxy) is 1. The van der Waals surface area contributed by atoms with Gasteiger partial charge in [0.25, 0.3) is 0 Å². The van der Waals surface area contributed by atoms with Crippen molar-refractivity contribution in [2.45, 2.75) is 44.9 Å². The molecule has 1 saturated carbocycles. The molecule has 41 heavy (non-hydrogen) atoms. The van der Waals surface area contributed by atoms with Crippen LogP contribution in [0.1, 0.15) is 38.2 Å². The zero-order valence-electron chi connectivity index (χ0n) is 21.2. The lowest BCUT2D eigenvalue weighted by molar-refractivity contribution is -0.223. The minimum absolute atomic E-state index is 0.106. The fraction of sp³-hybridized carbons (Fsp3) is 0.310. The number of allylic oxidation sites excluding steroid dienone is 1. The highest BCUT2D eigenvalue weighted by molar-refractivity contribution is 5.73. The van der Waals surface area contributed by atoms with Gasteiger partial charge in [-0.05, 0) is 60.2 Å². The zero-order chi connectivity index (χ0) is 30.3. The first-order valence-electron chi connectivity index (χ1n) is 12.4. The monoisotopic (exact) mass is 594 g/mol. The minimum atomic E-state index is -4.88. The summed E-state index contributed by atoms with van der Waals surface area (Å²) in [6.07, 6.45) is -7.53. The standard InChI is InChI=1S/C29H21F11O/c1-14-2-4-17(5-3-14)29(39,40)41-18-12-24(34)27(25(35)13-18)16-10-22(32)26(23(33)11-16)15-8-20(30)19(21(31)9-15)6-7-28(36,37)38/h6-14,17H,2-5H2,1H3/b7-6+. The Hall–Kier alpha value is -3.57. The summed E-state index contributed by atoms with van der Waals surface area (Å²) < 4.78 is 159. The minimum Gasteiger partial charge on any atom is -0.432 e. The Morgan fingerprint density at radius 2 is 1.05 bits per heavy atom. The van der Waals surface area contributed by atoms with E-state index in [0.717, 1.165) is 0 Å². The maximum absolute atomic E-state index is 14.9. The third kappa shape index (κ3) is 6.84. The average Bonchev–Trinajstić information content (AvgIpc) is 2.82. The number of halogens is 11. The van der Waals surface area contributed by atoms with Gasteiger partial charge in [-0.3, -0.25) is 0 Å². The molecule has 0 spiro atoms. The third-order valence-corrected chi connectivity index (χ3v) is 6.90. The second kappa shape index (κ2) is 11.4. The lowest BCUT2D eigenvalue weighted by atomic mass is 9.82. The first kappa shape index (κ1) is 30.4. The third-order valence-electron chi connectivity index (χ3n) is 6.90. The van der Waals surface area contributed by atoms with Crippen molar-refractivity contribution in [2.24, 2.45) is 11.8 Å². The van der Waals surface area contributed by atoms with Crippen LogP contribution in [-0.2, 0) is 0 Å². The fourth-order valence-corrected chi connectivity index (χ4v) is 4.78. The van der Waals surface area contributed by atoms with Gasteiger partial charge in [-0.25, -0.2) is 26.3 Å². The van der Waals surface area contributed by atoms with Crippen LogP contribution in [0.25, 0.3) is 28.3 Å². The summed E-state index contributed by atoms with van der Waals surface area (Å²) in [6.45, 7) is 1.92. The van der Waals surface area contributed by atoms with Crippen molar-refractivity contribution in [3.05, 3.63) is 82.9 Å². The second-order valence-electron chi connectivity index (χ2n) is 9.93. The van der Waals surface area contributed by atoms with Gasteiger partial charge in [0, 0.05) is 23.8 Å². The highest BCUT2D eigenvalue weighted by Crippen LogP contribution is 2.41. The molecule has 1 aliphatic carbocycles. The van der Waals surface area contributed by atoms with Gasteiger partial charge < -0.3 is 4.74 Å². The van der Waals surface area contributed by atoms with Crippen LogP contribution in [0.15, 0.2) is 42.5 Å². The Balaban J connectivity index is 1.64. The van der Waals surface area contributed by atoms with E-state index in [9.17, 15) is 48.3 Å². The van der Waals surface area contributed by atoms with Crippen LogP contribution in [0.5, 0.6) is 5.75 Å². The molecule has 0 amide bonds. The number of alkyl halides is 5. The fourth-order valence-electron chi connectivity index (χ4n) is 4.78. The second-order valence-corrected chi connectivity index (χ2v) is 9.93. The summed E-state index contributed by atoms with van der Waals surface area (Å²) in [5, 5.41) is 0. The van der Waals surface area contributed by atoms with E-state index in [2.05, 4.69) is 4.74 Å². The predicted molar refractivity (Wildman–Crippen MR) is 129 cm³/mol. The predicted octanol–water partition coefficient (Wildman–Crippen LogP) is 10.2. The van der Waals surface area contributed by atoms with Crippen LogP contribution in [0.4, 0.5) is 48.3 Å². The van der Waals surface area contributed by atoms with E-state index in [0.29, 0.717) is 49.2 Å². The first-order valence-corrected chi connectivity index (χ1v) is 12.4. The van der Waals surface area contributed by atoms with Crippen molar-refractivity contribution < 1.29 is 53.0 Å².